The zero-order valence-corrected chi connectivity index (χ0v) is 29.7. The Morgan fingerprint density at radius 2 is 1.49 bits per heavy atom. The van der Waals surface area contributed by atoms with Gasteiger partial charge in [0.1, 0.15) is 11.4 Å². The van der Waals surface area contributed by atoms with E-state index in [9.17, 15) is 19.8 Å². The molecule has 6 rings (SSSR count). The number of benzene rings is 2. The highest BCUT2D eigenvalue weighted by atomic mass is 16.7. The van der Waals surface area contributed by atoms with Crippen LogP contribution in [0.2, 0.25) is 0 Å². The number of ether oxygens (including phenoxy) is 4. The van der Waals surface area contributed by atoms with Gasteiger partial charge in [0.05, 0.1) is 31.5 Å². The van der Waals surface area contributed by atoms with E-state index in [0.717, 1.165) is 26.1 Å². The zero-order chi connectivity index (χ0) is 35.1. The predicted molar refractivity (Wildman–Crippen MR) is 188 cm³/mol. The third-order valence-electron chi connectivity index (χ3n) is 9.23. The number of carbonyl (C=O) groups is 2. The Balaban J connectivity index is 0.000000207. The van der Waals surface area contributed by atoms with Crippen molar-refractivity contribution in [3.8, 4) is 0 Å². The summed E-state index contributed by atoms with van der Waals surface area (Å²) in [4.78, 5) is 25.7. The Morgan fingerprint density at radius 1 is 0.918 bits per heavy atom. The van der Waals surface area contributed by atoms with Gasteiger partial charge in [0.15, 0.2) is 5.79 Å². The summed E-state index contributed by atoms with van der Waals surface area (Å²) in [7, 11) is 0. The Morgan fingerprint density at radius 3 is 2.00 bits per heavy atom. The number of piperidine rings is 2. The van der Waals surface area contributed by atoms with E-state index < -0.39 is 29.6 Å². The van der Waals surface area contributed by atoms with Crippen LogP contribution in [0.4, 0.5) is 4.79 Å². The molecule has 3 N–H and O–H groups in total. The fourth-order valence-electron chi connectivity index (χ4n) is 6.55. The van der Waals surface area contributed by atoms with Crippen molar-refractivity contribution in [2.45, 2.75) is 121 Å². The van der Waals surface area contributed by atoms with E-state index in [-0.39, 0.29) is 17.9 Å². The lowest BCUT2D eigenvalue weighted by Crippen LogP contribution is -2.58. The molecule has 4 unspecified atom stereocenters. The van der Waals surface area contributed by atoms with Crippen LogP contribution in [-0.4, -0.2) is 102 Å². The summed E-state index contributed by atoms with van der Waals surface area (Å²) in [5.41, 5.74) is 1.82. The Hall–Kier alpha value is -2.86. The molecule has 4 heterocycles. The van der Waals surface area contributed by atoms with Crippen LogP contribution < -0.4 is 5.32 Å². The van der Waals surface area contributed by atoms with Crippen molar-refractivity contribution < 1.29 is 38.7 Å². The van der Waals surface area contributed by atoms with Crippen LogP contribution in [0.1, 0.15) is 83.3 Å². The zero-order valence-electron chi connectivity index (χ0n) is 29.7. The van der Waals surface area contributed by atoms with Crippen LogP contribution in [0.3, 0.4) is 0 Å². The van der Waals surface area contributed by atoms with E-state index in [0.29, 0.717) is 64.8 Å². The maximum Gasteiger partial charge on any atom is 0.410 e. The van der Waals surface area contributed by atoms with Crippen molar-refractivity contribution in [2.75, 3.05) is 39.5 Å². The predicted octanol–water partition coefficient (Wildman–Crippen LogP) is 5.22. The number of hydrogen-bond acceptors (Lipinski definition) is 9. The number of aliphatic hydroxyl groups excluding tert-OH is 2. The largest absolute Gasteiger partial charge is 0.444 e. The smallest absolute Gasteiger partial charge is 0.410 e. The second kappa shape index (κ2) is 19.5. The molecule has 10 heteroatoms. The van der Waals surface area contributed by atoms with Gasteiger partial charge in [-0.25, -0.2) is 4.79 Å². The number of ketones is 1. The van der Waals surface area contributed by atoms with Gasteiger partial charge in [-0.1, -0.05) is 60.7 Å². The van der Waals surface area contributed by atoms with Crippen molar-refractivity contribution in [1.82, 2.24) is 10.2 Å². The topological polar surface area (TPSA) is 127 Å². The number of amides is 1. The van der Waals surface area contributed by atoms with Crippen molar-refractivity contribution >= 4 is 11.9 Å². The third-order valence-corrected chi connectivity index (χ3v) is 9.23. The molecule has 4 fully saturated rings. The molecule has 2 aromatic rings. The van der Waals surface area contributed by atoms with Crippen LogP contribution in [0.25, 0.3) is 0 Å². The Bertz CT molecular complexity index is 1240. The van der Waals surface area contributed by atoms with Crippen molar-refractivity contribution in [3.05, 3.63) is 71.8 Å². The Labute approximate surface area is 292 Å². The summed E-state index contributed by atoms with van der Waals surface area (Å²) in [5, 5.41) is 24.2. The summed E-state index contributed by atoms with van der Waals surface area (Å²) >= 11 is 0. The van der Waals surface area contributed by atoms with Crippen LogP contribution in [0.5, 0.6) is 0 Å². The first kappa shape index (κ1) is 38.9. The standard InChI is InChI=1S/C21H31NO5.C14H19NO2.C4H8O/c1-20(2,3)27-19(24)22-12-11-21(25-13-14-26-21)15-17(22)18(23)10-9-16-7-5-4-6-8-16;16-12-8-9-15-13(10-12)14(17)7-6-11-4-2-1-3-5-11;1-2-4-5-3-1/h4-8,17-18,23H,9-15H2,1-3H3;1-5,13-15,17H,6-10H2;1-4H2. The number of carbonyl (C=O) groups excluding carboxylic acids is 2. The number of Topliss-reactive ketones (excluding diaryl/α,β-unsaturated/α-hetero) is 1. The van der Waals surface area contributed by atoms with Crippen LogP contribution in [0, 0.1) is 0 Å². The minimum atomic E-state index is -0.684. The van der Waals surface area contributed by atoms with Gasteiger partial charge in [-0.2, -0.15) is 0 Å². The van der Waals surface area contributed by atoms with Crippen molar-refractivity contribution in [2.24, 2.45) is 0 Å². The highest BCUT2D eigenvalue weighted by molar-refractivity contribution is 5.80. The first-order valence-electron chi connectivity index (χ1n) is 18.1. The number of rotatable bonds is 8. The molecule has 0 bridgehead atoms. The van der Waals surface area contributed by atoms with E-state index in [1.165, 1.54) is 24.0 Å². The molecule has 4 atom stereocenters. The Kier molecular flexibility index (Phi) is 15.5. The molecule has 49 heavy (non-hydrogen) atoms. The molecule has 4 aliphatic rings. The average Bonchev–Trinajstić information content (AvgIpc) is 3.83. The van der Waals surface area contributed by atoms with Gasteiger partial charge in [-0.05, 0) is 70.4 Å². The number of hydrogen-bond donors (Lipinski definition) is 3. The van der Waals surface area contributed by atoms with Gasteiger partial charge in [0.25, 0.3) is 0 Å². The lowest BCUT2D eigenvalue weighted by Gasteiger charge is -2.45. The van der Waals surface area contributed by atoms with Gasteiger partial charge in [0.2, 0.25) is 0 Å². The molecular weight excluding hydrogens is 624 g/mol. The summed E-state index contributed by atoms with van der Waals surface area (Å²) in [6.45, 7) is 9.80. The van der Waals surface area contributed by atoms with Crippen LogP contribution in [-0.2, 0) is 36.6 Å². The van der Waals surface area contributed by atoms with E-state index in [1.807, 2.05) is 69.3 Å². The second-order valence-electron chi connectivity index (χ2n) is 14.4. The average molecular weight is 683 g/mol. The molecule has 1 amide bonds. The third kappa shape index (κ3) is 13.4. The number of likely N-dealkylation sites (tertiary alicyclic amines) is 1. The summed E-state index contributed by atoms with van der Waals surface area (Å²) in [6.07, 6.45) is 6.04. The molecular formula is C39H58N2O8. The van der Waals surface area contributed by atoms with Crippen LogP contribution in [0.15, 0.2) is 60.7 Å². The molecule has 0 saturated carbocycles. The van der Waals surface area contributed by atoms with Gasteiger partial charge >= 0.3 is 6.09 Å². The molecule has 1 spiro atoms. The molecule has 272 valence electrons. The summed E-state index contributed by atoms with van der Waals surface area (Å²) < 4.78 is 22.2. The minimum Gasteiger partial charge on any atom is -0.444 e. The lowest BCUT2D eigenvalue weighted by atomic mass is 9.90. The van der Waals surface area contributed by atoms with Gasteiger partial charge in [-0.15, -0.1) is 0 Å². The molecule has 0 aliphatic carbocycles. The highest BCUT2D eigenvalue weighted by Crippen LogP contribution is 2.37. The fourth-order valence-corrected chi connectivity index (χ4v) is 6.55. The molecule has 10 nitrogen and oxygen atoms in total. The number of aryl methyl sites for hydroxylation is 2. The van der Waals surface area contributed by atoms with Crippen LogP contribution >= 0.6 is 0 Å². The SMILES string of the molecule is C1CCOC1.CC(C)(C)OC(=O)N1CCC2(CC1C(O)CCc1ccccc1)OCCO2.O=C1CCNC(C(O)CCc2ccccc2)C1. The molecule has 0 aromatic heterocycles. The number of aliphatic hydroxyl groups is 2. The van der Waals surface area contributed by atoms with E-state index in [4.69, 9.17) is 18.9 Å². The second-order valence-corrected chi connectivity index (χ2v) is 14.4. The lowest BCUT2D eigenvalue weighted by molar-refractivity contribution is -0.202. The highest BCUT2D eigenvalue weighted by Gasteiger charge is 2.48. The summed E-state index contributed by atoms with van der Waals surface area (Å²) in [5.74, 6) is -0.427. The maximum absolute atomic E-state index is 12.7. The fraction of sp³-hybridized carbons (Fsp3) is 0.641. The minimum absolute atomic E-state index is 0.0556. The number of nitrogens with zero attached hydrogens (tertiary/aromatic N) is 1. The monoisotopic (exact) mass is 682 g/mol. The van der Waals surface area contributed by atoms with Crippen molar-refractivity contribution in [3.63, 3.8) is 0 Å². The van der Waals surface area contributed by atoms with Gasteiger partial charge < -0.3 is 39.4 Å². The van der Waals surface area contributed by atoms with E-state index in [1.54, 1.807) is 4.90 Å². The quantitative estimate of drug-likeness (QED) is 0.344. The molecule has 2 aromatic carbocycles. The number of nitrogens with one attached hydrogen (secondary N) is 1. The first-order valence-corrected chi connectivity index (χ1v) is 18.1. The maximum atomic E-state index is 12.7. The van der Waals surface area contributed by atoms with Gasteiger partial charge in [0, 0.05) is 58.0 Å². The first-order chi connectivity index (χ1) is 23.5. The molecule has 0 radical (unpaired) electrons. The normalized spacial score (nSPS) is 23.1. The summed E-state index contributed by atoms with van der Waals surface area (Å²) in [6, 6.07) is 19.7. The van der Waals surface area contributed by atoms with Crippen molar-refractivity contribution in [1.29, 1.82) is 0 Å². The van der Waals surface area contributed by atoms with E-state index in [2.05, 4.69) is 17.4 Å². The van der Waals surface area contributed by atoms with Gasteiger partial charge in [-0.3, -0.25) is 4.79 Å². The molecule has 4 saturated heterocycles. The van der Waals surface area contributed by atoms with E-state index >= 15 is 0 Å². The molecule has 4 aliphatic heterocycles.